The third-order valence-corrected chi connectivity index (χ3v) is 6.89. The van der Waals surface area contributed by atoms with Gasteiger partial charge in [0.25, 0.3) is 0 Å². The van der Waals surface area contributed by atoms with E-state index in [0.717, 1.165) is 70.7 Å². The number of hydrogen-bond donors (Lipinski definition) is 1. The van der Waals surface area contributed by atoms with Gasteiger partial charge in [-0.25, -0.2) is 19.1 Å². The van der Waals surface area contributed by atoms with Crippen molar-refractivity contribution in [2.75, 3.05) is 39.4 Å². The summed E-state index contributed by atoms with van der Waals surface area (Å²) >= 11 is 0. The molecule has 1 aromatic heterocycles. The van der Waals surface area contributed by atoms with Gasteiger partial charge in [-0.2, -0.15) is 5.10 Å². The fraction of sp³-hybridized carbons (Fsp3) is 0.556. The Morgan fingerprint density at radius 2 is 1.76 bits per heavy atom. The van der Waals surface area contributed by atoms with Crippen LogP contribution in [0.4, 0.5) is 4.79 Å². The number of esters is 2. The van der Waals surface area contributed by atoms with E-state index in [2.05, 4.69) is 15.3 Å². The number of alkyl carbamates (subject to hydrolysis) is 1. The van der Waals surface area contributed by atoms with Crippen molar-refractivity contribution in [3.8, 4) is 5.88 Å². The molecule has 1 amide bonds. The Bertz CT molecular complexity index is 1110. The Morgan fingerprint density at radius 1 is 1.05 bits per heavy atom. The quantitative estimate of drug-likeness (QED) is 0.325. The molecule has 200 valence electrons. The van der Waals surface area contributed by atoms with E-state index in [1.54, 1.807) is 4.68 Å². The summed E-state index contributed by atoms with van der Waals surface area (Å²) in [6.45, 7) is 9.16. The highest BCUT2D eigenvalue weighted by atomic mass is 16.6. The Hall–Kier alpha value is -3.24. The first-order valence-corrected chi connectivity index (χ1v) is 13.1. The lowest BCUT2D eigenvalue weighted by atomic mass is 9.94. The fourth-order valence-corrected chi connectivity index (χ4v) is 4.80. The number of likely N-dealkylation sites (tertiary alicyclic amines) is 1. The summed E-state index contributed by atoms with van der Waals surface area (Å²) < 4.78 is 17.3. The molecule has 0 atom stereocenters. The number of piperidine rings is 1. The first-order chi connectivity index (χ1) is 17.9. The van der Waals surface area contributed by atoms with Crippen LogP contribution < -0.4 is 10.1 Å². The summed E-state index contributed by atoms with van der Waals surface area (Å²) in [5, 5.41) is 7.81. The Labute approximate surface area is 216 Å². The van der Waals surface area contributed by atoms with Gasteiger partial charge in [-0.15, -0.1) is 0 Å². The molecule has 1 aromatic carbocycles. The summed E-state index contributed by atoms with van der Waals surface area (Å²) in [7, 11) is 0. The molecule has 37 heavy (non-hydrogen) atoms. The van der Waals surface area contributed by atoms with Gasteiger partial charge in [-0.3, -0.25) is 0 Å². The molecule has 2 fully saturated rings. The minimum absolute atomic E-state index is 0.0351. The van der Waals surface area contributed by atoms with Gasteiger partial charge < -0.3 is 24.4 Å². The maximum absolute atomic E-state index is 12.3. The molecule has 1 N–H and O–H groups in total. The van der Waals surface area contributed by atoms with Gasteiger partial charge in [0, 0.05) is 38.5 Å². The Balaban J connectivity index is 1.17. The van der Waals surface area contributed by atoms with Gasteiger partial charge in [0.15, 0.2) is 0 Å². The third-order valence-electron chi connectivity index (χ3n) is 6.89. The Kier molecular flexibility index (Phi) is 9.29. The van der Waals surface area contributed by atoms with Crippen LogP contribution in [-0.4, -0.2) is 72.1 Å². The number of fused-ring (bicyclic) bond motifs is 1. The van der Waals surface area contributed by atoms with Crippen LogP contribution in [0.25, 0.3) is 10.9 Å². The normalized spacial score (nSPS) is 17.9. The number of rotatable bonds is 8. The summed E-state index contributed by atoms with van der Waals surface area (Å²) in [6.07, 6.45) is 5.25. The molecule has 0 radical (unpaired) electrons. The lowest BCUT2D eigenvalue weighted by molar-refractivity contribution is -0.133. The fourth-order valence-electron chi connectivity index (χ4n) is 4.80. The summed E-state index contributed by atoms with van der Waals surface area (Å²) in [6, 6.07) is 7.28. The molecule has 0 aliphatic carbocycles. The van der Waals surface area contributed by atoms with E-state index < -0.39 is 18.0 Å². The molecule has 2 aliphatic rings. The third kappa shape index (κ3) is 7.62. The van der Waals surface area contributed by atoms with E-state index in [1.165, 1.54) is 0 Å². The van der Waals surface area contributed by atoms with Crippen molar-refractivity contribution in [1.29, 1.82) is 0 Å². The van der Waals surface area contributed by atoms with Crippen molar-refractivity contribution in [3.05, 3.63) is 36.4 Å². The molecule has 3 heterocycles. The van der Waals surface area contributed by atoms with Crippen LogP contribution in [0, 0.1) is 11.8 Å². The minimum Gasteiger partial charge on any atom is -0.404 e. The Morgan fingerprint density at radius 3 is 2.49 bits per heavy atom. The van der Waals surface area contributed by atoms with Crippen LogP contribution in [0.2, 0.25) is 0 Å². The van der Waals surface area contributed by atoms with E-state index in [-0.39, 0.29) is 6.04 Å². The molecule has 0 saturated carbocycles. The highest BCUT2D eigenvalue weighted by molar-refractivity contribution is 5.97. The summed E-state index contributed by atoms with van der Waals surface area (Å²) in [5.74, 6) is -0.350. The van der Waals surface area contributed by atoms with Gasteiger partial charge in [0.2, 0.25) is 5.88 Å². The lowest BCUT2D eigenvalue weighted by Crippen LogP contribution is -2.41. The minimum atomic E-state index is -0.942. The number of nitrogens with one attached hydrogen (secondary N) is 1. The number of nitrogens with zero attached hydrogens (tertiary/aromatic N) is 3. The molecule has 2 aromatic rings. The van der Waals surface area contributed by atoms with E-state index in [1.807, 2.05) is 38.1 Å². The lowest BCUT2D eigenvalue weighted by Gasteiger charge is -2.35. The van der Waals surface area contributed by atoms with E-state index in [0.29, 0.717) is 35.2 Å². The highest BCUT2D eigenvalue weighted by Crippen LogP contribution is 2.28. The standard InChI is InChI=1S/C27H36N4O6/c1-19(2)31-26(22-5-3-4-6-23(22)29-31)36-24(32)7-8-25(33)37-27(34)28-17-20-9-13-30(14-10-20)18-21-11-15-35-16-12-21/h3-8,19-21H,9-18H2,1-2H3,(H,28,34)/b8-7+. The van der Waals surface area contributed by atoms with Gasteiger partial charge >= 0.3 is 18.0 Å². The summed E-state index contributed by atoms with van der Waals surface area (Å²) in [5.41, 5.74) is 0.698. The predicted molar refractivity (Wildman–Crippen MR) is 137 cm³/mol. The van der Waals surface area contributed by atoms with Gasteiger partial charge in [-0.1, -0.05) is 12.1 Å². The van der Waals surface area contributed by atoms with Crippen molar-refractivity contribution >= 4 is 28.9 Å². The van der Waals surface area contributed by atoms with E-state index in [4.69, 9.17) is 14.2 Å². The topological polar surface area (TPSA) is 112 Å². The molecular formula is C27H36N4O6. The monoisotopic (exact) mass is 512 g/mol. The second-order valence-corrected chi connectivity index (χ2v) is 10.0. The number of benzene rings is 1. The number of hydrogen-bond acceptors (Lipinski definition) is 8. The van der Waals surface area contributed by atoms with E-state index in [9.17, 15) is 14.4 Å². The largest absolute Gasteiger partial charge is 0.415 e. The second kappa shape index (κ2) is 12.8. The molecule has 2 saturated heterocycles. The maximum atomic E-state index is 12.3. The first-order valence-electron chi connectivity index (χ1n) is 13.1. The smallest absolute Gasteiger partial charge is 0.404 e. The average Bonchev–Trinajstić information content (AvgIpc) is 3.26. The SMILES string of the molecule is CC(C)n1nc2ccccc2c1OC(=O)/C=C/C(=O)OC(=O)NCC1CCN(CC2CCOCC2)CC1. The second-order valence-electron chi connectivity index (χ2n) is 10.0. The molecule has 10 nitrogen and oxygen atoms in total. The maximum Gasteiger partial charge on any atom is 0.415 e. The van der Waals surface area contributed by atoms with E-state index >= 15 is 0 Å². The van der Waals surface area contributed by atoms with Crippen molar-refractivity contribution in [1.82, 2.24) is 20.0 Å². The highest BCUT2D eigenvalue weighted by Gasteiger charge is 2.24. The molecule has 2 aliphatic heterocycles. The van der Waals surface area contributed by atoms with Gasteiger partial charge in [0.05, 0.1) is 16.9 Å². The van der Waals surface area contributed by atoms with Crippen LogP contribution >= 0.6 is 0 Å². The molecular weight excluding hydrogens is 476 g/mol. The molecule has 0 bridgehead atoms. The van der Waals surface area contributed by atoms with Crippen LogP contribution in [0.3, 0.4) is 0 Å². The van der Waals surface area contributed by atoms with Gasteiger partial charge in [-0.05, 0) is 76.6 Å². The zero-order valence-electron chi connectivity index (χ0n) is 21.6. The summed E-state index contributed by atoms with van der Waals surface area (Å²) in [4.78, 5) is 38.9. The number of ether oxygens (including phenoxy) is 3. The van der Waals surface area contributed by atoms with Crippen molar-refractivity contribution < 1.29 is 28.6 Å². The zero-order chi connectivity index (χ0) is 26.2. The number of carbonyl (C=O) groups is 3. The van der Waals surface area contributed by atoms with Gasteiger partial charge in [0.1, 0.15) is 0 Å². The van der Waals surface area contributed by atoms with Crippen LogP contribution in [-0.2, 0) is 19.1 Å². The number of amides is 1. The van der Waals surface area contributed by atoms with Crippen molar-refractivity contribution in [3.63, 3.8) is 0 Å². The molecule has 0 spiro atoms. The van der Waals surface area contributed by atoms with Crippen LogP contribution in [0.5, 0.6) is 5.88 Å². The van der Waals surface area contributed by atoms with Crippen molar-refractivity contribution in [2.24, 2.45) is 11.8 Å². The number of aromatic nitrogens is 2. The van der Waals surface area contributed by atoms with Crippen LogP contribution in [0.1, 0.15) is 45.6 Å². The van der Waals surface area contributed by atoms with Crippen LogP contribution in [0.15, 0.2) is 36.4 Å². The molecule has 0 unspecified atom stereocenters. The molecule has 4 rings (SSSR count). The predicted octanol–water partition coefficient (Wildman–Crippen LogP) is 3.47. The zero-order valence-corrected chi connectivity index (χ0v) is 21.6. The van der Waals surface area contributed by atoms with Crippen molar-refractivity contribution in [2.45, 2.75) is 45.6 Å². The average molecular weight is 513 g/mol. The molecule has 10 heteroatoms. The first kappa shape index (κ1) is 26.8. The number of carbonyl (C=O) groups excluding carboxylic acids is 3.